The Kier molecular flexibility index (Phi) is 5.18. The van der Waals surface area contributed by atoms with E-state index in [1.54, 1.807) is 7.11 Å². The highest BCUT2D eigenvalue weighted by molar-refractivity contribution is 9.10. The molecule has 1 aliphatic heterocycles. The maximum absolute atomic E-state index is 5.62. The molecule has 0 fully saturated rings. The van der Waals surface area contributed by atoms with Gasteiger partial charge in [0.2, 0.25) is 0 Å². The molecule has 0 saturated carbocycles. The summed E-state index contributed by atoms with van der Waals surface area (Å²) >= 11 is 3.48. The van der Waals surface area contributed by atoms with Crippen molar-refractivity contribution >= 4 is 21.6 Å². The van der Waals surface area contributed by atoms with Gasteiger partial charge in [-0.05, 0) is 53.9 Å². The molecule has 27 heavy (non-hydrogen) atoms. The third kappa shape index (κ3) is 3.72. The number of nitrogens with zero attached hydrogens (tertiary/aromatic N) is 1. The van der Waals surface area contributed by atoms with Crippen molar-refractivity contribution in [3.8, 4) is 17.6 Å². The molecule has 0 bridgehead atoms. The summed E-state index contributed by atoms with van der Waals surface area (Å²) in [7, 11) is 1.72. The van der Waals surface area contributed by atoms with E-state index < -0.39 is 0 Å². The minimum absolute atomic E-state index is 0.00473. The molecule has 1 aliphatic rings. The normalized spacial score (nSPS) is 15.5. The van der Waals surface area contributed by atoms with Crippen LogP contribution in [0.2, 0.25) is 0 Å². The summed E-state index contributed by atoms with van der Waals surface area (Å²) in [5.74, 6) is 7.77. The Morgan fingerprint density at radius 3 is 2.52 bits per heavy atom. The topological polar surface area (TPSA) is 12.5 Å². The van der Waals surface area contributed by atoms with Crippen LogP contribution < -0.4 is 9.64 Å². The van der Waals surface area contributed by atoms with Crippen LogP contribution in [0, 0.1) is 11.8 Å². The second-order valence-corrected chi connectivity index (χ2v) is 7.41. The van der Waals surface area contributed by atoms with E-state index in [1.807, 2.05) is 36.4 Å². The first-order valence-corrected chi connectivity index (χ1v) is 9.80. The summed E-state index contributed by atoms with van der Waals surface area (Å²) in [6.07, 6.45) is 1.00. The molecule has 0 radical (unpaired) electrons. The second-order valence-electron chi connectivity index (χ2n) is 6.49. The summed E-state index contributed by atoms with van der Waals surface area (Å²) in [5, 5.41) is 0. The van der Waals surface area contributed by atoms with Crippen molar-refractivity contribution in [1.29, 1.82) is 0 Å². The van der Waals surface area contributed by atoms with E-state index >= 15 is 0 Å². The largest absolute Gasteiger partial charge is 0.495 e. The van der Waals surface area contributed by atoms with Crippen LogP contribution in [0.3, 0.4) is 0 Å². The molecule has 2 nitrogen and oxygen atoms in total. The van der Waals surface area contributed by atoms with Gasteiger partial charge in [-0.25, -0.2) is 0 Å². The fourth-order valence-electron chi connectivity index (χ4n) is 3.53. The van der Waals surface area contributed by atoms with Gasteiger partial charge >= 0.3 is 0 Å². The SMILES string of the molecule is COc1ccccc1N1CCc2ccccc2C1C#Cc1ccc(Br)cc1. The van der Waals surface area contributed by atoms with Crippen LogP contribution in [0.1, 0.15) is 22.7 Å². The van der Waals surface area contributed by atoms with Crippen molar-refractivity contribution in [2.24, 2.45) is 0 Å². The second kappa shape index (κ2) is 7.90. The van der Waals surface area contributed by atoms with Crippen molar-refractivity contribution in [1.82, 2.24) is 0 Å². The number of hydrogen-bond acceptors (Lipinski definition) is 2. The van der Waals surface area contributed by atoms with Gasteiger partial charge in [0.05, 0.1) is 12.8 Å². The molecule has 3 heteroatoms. The average molecular weight is 418 g/mol. The summed E-state index contributed by atoms with van der Waals surface area (Å²) in [4.78, 5) is 2.35. The number of methoxy groups -OCH3 is 1. The number of ether oxygens (including phenoxy) is 1. The van der Waals surface area contributed by atoms with Gasteiger partial charge in [0.15, 0.2) is 0 Å². The van der Waals surface area contributed by atoms with Crippen LogP contribution in [0.5, 0.6) is 5.75 Å². The molecule has 3 aromatic rings. The summed E-state index contributed by atoms with van der Waals surface area (Å²) < 4.78 is 6.68. The fraction of sp³-hybridized carbons (Fsp3) is 0.167. The van der Waals surface area contributed by atoms with Gasteiger partial charge in [-0.2, -0.15) is 0 Å². The van der Waals surface area contributed by atoms with E-state index in [2.05, 4.69) is 69.1 Å². The van der Waals surface area contributed by atoms with Crippen LogP contribution in [0.4, 0.5) is 5.69 Å². The molecule has 1 heterocycles. The van der Waals surface area contributed by atoms with E-state index in [-0.39, 0.29) is 6.04 Å². The van der Waals surface area contributed by atoms with E-state index in [1.165, 1.54) is 11.1 Å². The highest BCUT2D eigenvalue weighted by Gasteiger charge is 2.27. The van der Waals surface area contributed by atoms with Gasteiger partial charge in [0.25, 0.3) is 0 Å². The lowest BCUT2D eigenvalue weighted by Gasteiger charge is -2.36. The smallest absolute Gasteiger partial charge is 0.142 e. The Bertz CT molecular complexity index is 1000. The average Bonchev–Trinajstić information content (AvgIpc) is 2.73. The molecule has 134 valence electrons. The van der Waals surface area contributed by atoms with Gasteiger partial charge < -0.3 is 9.64 Å². The number of anilines is 1. The van der Waals surface area contributed by atoms with E-state index in [4.69, 9.17) is 4.74 Å². The third-order valence-corrected chi connectivity index (χ3v) is 5.40. The number of para-hydroxylation sites is 2. The number of halogens is 1. The van der Waals surface area contributed by atoms with Gasteiger partial charge in [-0.1, -0.05) is 64.2 Å². The maximum Gasteiger partial charge on any atom is 0.142 e. The third-order valence-electron chi connectivity index (χ3n) is 4.88. The lowest BCUT2D eigenvalue weighted by atomic mass is 9.92. The Hall–Kier alpha value is -2.70. The van der Waals surface area contributed by atoms with Gasteiger partial charge in [-0.3, -0.25) is 0 Å². The van der Waals surface area contributed by atoms with E-state index in [9.17, 15) is 0 Å². The first-order chi connectivity index (χ1) is 13.3. The van der Waals surface area contributed by atoms with Crippen molar-refractivity contribution < 1.29 is 4.74 Å². The molecular weight excluding hydrogens is 398 g/mol. The zero-order chi connectivity index (χ0) is 18.6. The number of rotatable bonds is 2. The van der Waals surface area contributed by atoms with Gasteiger partial charge in [0.1, 0.15) is 11.8 Å². The molecule has 1 unspecified atom stereocenters. The molecule has 0 amide bonds. The molecule has 0 spiro atoms. The van der Waals surface area contributed by atoms with Crippen LogP contribution in [0.15, 0.2) is 77.3 Å². The number of hydrogen-bond donors (Lipinski definition) is 0. The molecule has 4 rings (SSSR count). The lowest BCUT2D eigenvalue weighted by molar-refractivity contribution is 0.413. The molecular formula is C24H20BrNO. The van der Waals surface area contributed by atoms with Crippen LogP contribution in [-0.4, -0.2) is 13.7 Å². The maximum atomic E-state index is 5.62. The van der Waals surface area contributed by atoms with Crippen molar-refractivity contribution in [3.63, 3.8) is 0 Å². The Morgan fingerprint density at radius 1 is 0.963 bits per heavy atom. The Balaban J connectivity index is 1.78. The Morgan fingerprint density at radius 2 is 1.70 bits per heavy atom. The van der Waals surface area contributed by atoms with Crippen molar-refractivity contribution in [2.45, 2.75) is 12.5 Å². The number of fused-ring (bicyclic) bond motifs is 1. The van der Waals surface area contributed by atoms with E-state index in [0.29, 0.717) is 0 Å². The zero-order valence-corrected chi connectivity index (χ0v) is 16.7. The van der Waals surface area contributed by atoms with E-state index in [0.717, 1.165) is 34.4 Å². The zero-order valence-electron chi connectivity index (χ0n) is 15.2. The molecule has 0 aromatic heterocycles. The summed E-state index contributed by atoms with van der Waals surface area (Å²) in [5.41, 5.74) is 4.75. The Labute approximate surface area is 168 Å². The fourth-order valence-corrected chi connectivity index (χ4v) is 3.80. The van der Waals surface area contributed by atoms with Crippen molar-refractivity contribution in [3.05, 3.63) is 94.0 Å². The molecule has 0 aliphatic carbocycles. The first-order valence-electron chi connectivity index (χ1n) is 9.01. The standard InChI is InChI=1S/C24H20BrNO/c1-27-24-9-5-4-8-23(24)26-17-16-19-6-2-3-7-21(19)22(26)15-12-18-10-13-20(25)14-11-18/h2-11,13-14,22H,16-17H2,1H3. The summed E-state index contributed by atoms with van der Waals surface area (Å²) in [6, 6.07) is 24.9. The minimum atomic E-state index is -0.00473. The monoisotopic (exact) mass is 417 g/mol. The predicted molar refractivity (Wildman–Crippen MR) is 114 cm³/mol. The summed E-state index contributed by atoms with van der Waals surface area (Å²) in [6.45, 7) is 0.914. The highest BCUT2D eigenvalue weighted by atomic mass is 79.9. The number of benzene rings is 3. The van der Waals surface area contributed by atoms with Crippen LogP contribution >= 0.6 is 15.9 Å². The van der Waals surface area contributed by atoms with Crippen LogP contribution in [-0.2, 0) is 6.42 Å². The minimum Gasteiger partial charge on any atom is -0.495 e. The van der Waals surface area contributed by atoms with Gasteiger partial charge in [-0.15, -0.1) is 0 Å². The first kappa shape index (κ1) is 17.7. The lowest BCUT2D eigenvalue weighted by Crippen LogP contribution is -2.35. The van der Waals surface area contributed by atoms with Gasteiger partial charge in [0, 0.05) is 16.6 Å². The molecule has 3 aromatic carbocycles. The molecule has 0 N–H and O–H groups in total. The molecule has 0 saturated heterocycles. The molecule has 1 atom stereocenters. The van der Waals surface area contributed by atoms with Crippen LogP contribution in [0.25, 0.3) is 0 Å². The quantitative estimate of drug-likeness (QED) is 0.502. The predicted octanol–water partition coefficient (Wildman–Crippen LogP) is 5.61. The highest BCUT2D eigenvalue weighted by Crippen LogP contribution is 2.38. The van der Waals surface area contributed by atoms with Crippen molar-refractivity contribution in [2.75, 3.05) is 18.6 Å².